The Hall–Kier alpha value is -2.69. The summed E-state index contributed by atoms with van der Waals surface area (Å²) in [6.07, 6.45) is -0.859. The molecule has 0 spiro atoms. The van der Waals surface area contributed by atoms with Crippen LogP contribution in [0, 0.1) is 17.8 Å². The van der Waals surface area contributed by atoms with Crippen molar-refractivity contribution in [1.82, 2.24) is 16.0 Å². The molecule has 3 N–H and O–H groups in total. The number of benzene rings is 1. The lowest BCUT2D eigenvalue weighted by molar-refractivity contribution is -0.137. The first-order chi connectivity index (χ1) is 14.7. The van der Waals surface area contributed by atoms with Crippen molar-refractivity contribution in [3.05, 3.63) is 35.4 Å². The summed E-state index contributed by atoms with van der Waals surface area (Å²) in [6, 6.07) is 5.19. The fraction of sp³-hybridized carbons (Fsp3) is 0.565. The van der Waals surface area contributed by atoms with Crippen LogP contribution in [0.4, 0.5) is 13.2 Å². The van der Waals surface area contributed by atoms with Gasteiger partial charge in [-0.05, 0) is 58.2 Å². The summed E-state index contributed by atoms with van der Waals surface area (Å²) in [5.74, 6) is 6.21. The van der Waals surface area contributed by atoms with Crippen LogP contribution in [0.5, 0.6) is 0 Å². The van der Waals surface area contributed by atoms with Gasteiger partial charge in [0.1, 0.15) is 6.54 Å². The number of guanidine groups is 1. The van der Waals surface area contributed by atoms with Gasteiger partial charge in [0.2, 0.25) is 5.91 Å². The van der Waals surface area contributed by atoms with Gasteiger partial charge in [0, 0.05) is 30.1 Å². The van der Waals surface area contributed by atoms with E-state index in [1.165, 1.54) is 6.07 Å². The third kappa shape index (κ3) is 8.52. The van der Waals surface area contributed by atoms with Gasteiger partial charge in [-0.3, -0.25) is 4.79 Å². The topological polar surface area (TPSA) is 65.5 Å². The molecule has 0 bridgehead atoms. The highest BCUT2D eigenvalue weighted by Gasteiger charge is 2.30. The Kier molecular flexibility index (Phi) is 9.22. The van der Waals surface area contributed by atoms with Crippen LogP contribution in [0.15, 0.2) is 29.3 Å². The zero-order valence-corrected chi connectivity index (χ0v) is 18.3. The predicted molar refractivity (Wildman–Crippen MR) is 116 cm³/mol. The number of rotatable bonds is 5. The molecule has 0 heterocycles. The Morgan fingerprint density at radius 1 is 1.29 bits per heavy atom. The van der Waals surface area contributed by atoms with Gasteiger partial charge in [-0.15, -0.1) is 0 Å². The number of halogens is 3. The molecule has 1 amide bonds. The van der Waals surface area contributed by atoms with Crippen molar-refractivity contribution in [3.63, 3.8) is 0 Å². The van der Waals surface area contributed by atoms with Crippen LogP contribution in [0.25, 0.3) is 0 Å². The van der Waals surface area contributed by atoms with Gasteiger partial charge >= 0.3 is 6.18 Å². The molecule has 1 aromatic carbocycles. The molecule has 5 nitrogen and oxygen atoms in total. The Morgan fingerprint density at radius 3 is 2.74 bits per heavy atom. The standard InChI is InChI=1S/C23H31F3N4O/c1-4-27-22(30-20-12-6-10-18(15-20)21(31)29-16(2)3)28-13-7-9-17-8-5-11-19(14-17)23(24,25)26/h5,8,11,14,16,18,20H,4,6,10,12-13,15H2,1-3H3,(H,29,31)(H2,27,28,30). The van der Waals surface area contributed by atoms with Crippen LogP contribution in [0.1, 0.15) is 57.6 Å². The zero-order chi connectivity index (χ0) is 22.9. The molecule has 31 heavy (non-hydrogen) atoms. The number of hydrogen-bond acceptors (Lipinski definition) is 2. The molecule has 0 aromatic heterocycles. The molecule has 0 radical (unpaired) electrons. The minimum atomic E-state index is -4.39. The molecule has 0 aliphatic heterocycles. The number of carbonyl (C=O) groups is 1. The third-order valence-electron chi connectivity index (χ3n) is 4.90. The zero-order valence-electron chi connectivity index (χ0n) is 18.3. The fourth-order valence-corrected chi connectivity index (χ4v) is 3.51. The summed E-state index contributed by atoms with van der Waals surface area (Å²) in [4.78, 5) is 16.7. The molecule has 2 atom stereocenters. The Morgan fingerprint density at radius 2 is 2.06 bits per heavy atom. The van der Waals surface area contributed by atoms with Gasteiger partial charge in [-0.25, -0.2) is 4.99 Å². The van der Waals surface area contributed by atoms with Crippen LogP contribution >= 0.6 is 0 Å². The average molecular weight is 437 g/mol. The van der Waals surface area contributed by atoms with Gasteiger partial charge in [0.15, 0.2) is 5.96 Å². The quantitative estimate of drug-likeness (QED) is 0.375. The first-order valence-corrected chi connectivity index (χ1v) is 10.7. The van der Waals surface area contributed by atoms with Crippen molar-refractivity contribution < 1.29 is 18.0 Å². The van der Waals surface area contributed by atoms with Gasteiger partial charge < -0.3 is 16.0 Å². The highest BCUT2D eigenvalue weighted by atomic mass is 19.4. The van der Waals surface area contributed by atoms with E-state index in [2.05, 4.69) is 32.8 Å². The number of nitrogens with zero attached hydrogens (tertiary/aromatic N) is 1. The Labute approximate surface area is 182 Å². The van der Waals surface area contributed by atoms with Crippen LogP contribution < -0.4 is 16.0 Å². The smallest absolute Gasteiger partial charge is 0.357 e. The van der Waals surface area contributed by atoms with E-state index in [0.717, 1.165) is 37.8 Å². The van der Waals surface area contributed by atoms with Gasteiger partial charge in [0.05, 0.1) is 5.56 Å². The SMILES string of the molecule is CCNC(=NCC#Cc1cccc(C(F)(F)F)c1)NC1CCCC(C(=O)NC(C)C)C1. The Balaban J connectivity index is 1.97. The molecule has 170 valence electrons. The van der Waals surface area contributed by atoms with Gasteiger partial charge in [-0.2, -0.15) is 13.2 Å². The van der Waals surface area contributed by atoms with E-state index in [4.69, 9.17) is 0 Å². The maximum atomic E-state index is 12.8. The maximum absolute atomic E-state index is 12.8. The molecule has 2 rings (SSSR count). The van der Waals surface area contributed by atoms with E-state index in [-0.39, 0.29) is 30.5 Å². The van der Waals surface area contributed by atoms with Gasteiger partial charge in [0.25, 0.3) is 0 Å². The van der Waals surface area contributed by atoms with E-state index in [9.17, 15) is 18.0 Å². The molecule has 1 saturated carbocycles. The van der Waals surface area contributed by atoms with Crippen molar-refractivity contribution >= 4 is 11.9 Å². The lowest BCUT2D eigenvalue weighted by Gasteiger charge is -2.30. The largest absolute Gasteiger partial charge is 0.416 e. The minimum absolute atomic E-state index is 0.0165. The summed E-state index contributed by atoms with van der Waals surface area (Å²) < 4.78 is 38.4. The number of carbonyl (C=O) groups excluding carboxylic acids is 1. The highest BCUT2D eigenvalue weighted by molar-refractivity contribution is 5.81. The summed E-state index contributed by atoms with van der Waals surface area (Å²) in [5.41, 5.74) is -0.416. The summed E-state index contributed by atoms with van der Waals surface area (Å²) in [5, 5.41) is 9.50. The van der Waals surface area contributed by atoms with E-state index >= 15 is 0 Å². The van der Waals surface area contributed by atoms with E-state index in [1.807, 2.05) is 20.8 Å². The van der Waals surface area contributed by atoms with E-state index in [1.54, 1.807) is 6.07 Å². The maximum Gasteiger partial charge on any atom is 0.416 e. The second-order valence-corrected chi connectivity index (χ2v) is 7.94. The molecule has 1 fully saturated rings. The highest BCUT2D eigenvalue weighted by Crippen LogP contribution is 2.29. The van der Waals surface area contributed by atoms with Crippen LogP contribution in [0.2, 0.25) is 0 Å². The second-order valence-electron chi connectivity index (χ2n) is 7.94. The van der Waals surface area contributed by atoms with Crippen LogP contribution in [-0.2, 0) is 11.0 Å². The lowest BCUT2D eigenvalue weighted by Crippen LogP contribution is -2.47. The first-order valence-electron chi connectivity index (χ1n) is 10.7. The molecule has 1 aromatic rings. The van der Waals surface area contributed by atoms with Crippen molar-refractivity contribution in [2.45, 2.75) is 64.7 Å². The normalized spacial score (nSPS) is 19.4. The molecule has 1 aliphatic carbocycles. The minimum Gasteiger partial charge on any atom is -0.357 e. The number of aliphatic imine (C=N–C) groups is 1. The number of nitrogens with one attached hydrogen (secondary N) is 3. The molecule has 0 saturated heterocycles. The van der Waals surface area contributed by atoms with Crippen LogP contribution in [0.3, 0.4) is 0 Å². The lowest BCUT2D eigenvalue weighted by atomic mass is 9.85. The van der Waals surface area contributed by atoms with E-state index < -0.39 is 11.7 Å². The van der Waals surface area contributed by atoms with Crippen molar-refractivity contribution in [1.29, 1.82) is 0 Å². The summed E-state index contributed by atoms with van der Waals surface area (Å²) in [7, 11) is 0. The molecule has 8 heteroatoms. The average Bonchev–Trinajstić information content (AvgIpc) is 2.70. The van der Waals surface area contributed by atoms with Gasteiger partial charge in [-0.1, -0.05) is 24.3 Å². The summed E-state index contributed by atoms with van der Waals surface area (Å²) in [6.45, 7) is 6.66. The molecular formula is C23H31F3N4O. The number of hydrogen-bond donors (Lipinski definition) is 3. The number of amides is 1. The van der Waals surface area contributed by atoms with Crippen molar-refractivity contribution in [2.75, 3.05) is 13.1 Å². The molecular weight excluding hydrogens is 405 g/mol. The number of alkyl halides is 3. The fourth-order valence-electron chi connectivity index (χ4n) is 3.51. The first kappa shape index (κ1) is 24.6. The molecule has 2 unspecified atom stereocenters. The van der Waals surface area contributed by atoms with Crippen LogP contribution in [-0.4, -0.2) is 37.0 Å². The third-order valence-corrected chi connectivity index (χ3v) is 4.90. The van der Waals surface area contributed by atoms with E-state index in [0.29, 0.717) is 18.1 Å². The second kappa shape index (κ2) is 11.6. The predicted octanol–water partition coefficient (Wildman–Crippen LogP) is 3.70. The molecule has 1 aliphatic rings. The monoisotopic (exact) mass is 436 g/mol. The summed E-state index contributed by atoms with van der Waals surface area (Å²) >= 11 is 0. The van der Waals surface area contributed by atoms with Crippen molar-refractivity contribution in [2.24, 2.45) is 10.9 Å². The Bertz CT molecular complexity index is 824. The van der Waals surface area contributed by atoms with Crippen molar-refractivity contribution in [3.8, 4) is 11.8 Å².